The predicted molar refractivity (Wildman–Crippen MR) is 109 cm³/mol. The Hall–Kier alpha value is -1.93. The Balaban J connectivity index is 0.00000261. The number of nitrogens with two attached hydrogens (primary N) is 1. The number of carbonyl (C=O) groups excluding carboxylic acids is 1. The van der Waals surface area contributed by atoms with Gasteiger partial charge < -0.3 is 10.6 Å². The van der Waals surface area contributed by atoms with Crippen LogP contribution in [0.25, 0.3) is 0 Å². The Morgan fingerprint density at radius 2 is 1.78 bits per heavy atom. The highest BCUT2D eigenvalue weighted by Gasteiger charge is 2.30. The number of halogens is 1. The second-order valence-corrected chi connectivity index (χ2v) is 8.86. The summed E-state index contributed by atoms with van der Waals surface area (Å²) in [7, 11) is -0.591. The lowest BCUT2D eigenvalue weighted by atomic mass is 10.0. The molecular formula is C19H24ClN3O3S. The number of rotatable bonds is 4. The van der Waals surface area contributed by atoms with E-state index in [4.69, 9.17) is 5.73 Å². The molecular weight excluding hydrogens is 386 g/mol. The third-order valence-electron chi connectivity index (χ3n) is 4.70. The highest BCUT2D eigenvalue weighted by Crippen LogP contribution is 2.32. The van der Waals surface area contributed by atoms with Gasteiger partial charge in [-0.2, -0.15) is 0 Å². The van der Waals surface area contributed by atoms with Gasteiger partial charge in [0.15, 0.2) is 0 Å². The van der Waals surface area contributed by atoms with Gasteiger partial charge in [-0.05, 0) is 36.6 Å². The number of amides is 1. The second kappa shape index (κ2) is 7.98. The maximum atomic E-state index is 12.9. The average molecular weight is 410 g/mol. The van der Waals surface area contributed by atoms with Crippen LogP contribution in [0.3, 0.4) is 0 Å². The molecule has 1 aliphatic rings. The molecule has 8 heteroatoms. The molecule has 0 spiro atoms. The van der Waals surface area contributed by atoms with E-state index in [-0.39, 0.29) is 23.2 Å². The average Bonchev–Trinajstić information content (AvgIpc) is 3.04. The van der Waals surface area contributed by atoms with E-state index in [1.165, 1.54) is 14.1 Å². The molecule has 1 amide bonds. The molecule has 1 unspecified atom stereocenters. The number of aryl methyl sites for hydroxylation is 1. The van der Waals surface area contributed by atoms with E-state index in [1.54, 1.807) is 23.1 Å². The van der Waals surface area contributed by atoms with Gasteiger partial charge in [0.1, 0.15) is 6.04 Å². The van der Waals surface area contributed by atoms with Gasteiger partial charge in [0.2, 0.25) is 15.9 Å². The molecule has 1 aliphatic heterocycles. The first-order valence-corrected chi connectivity index (χ1v) is 9.85. The van der Waals surface area contributed by atoms with Crippen LogP contribution in [0.15, 0.2) is 47.4 Å². The molecule has 0 aliphatic carbocycles. The van der Waals surface area contributed by atoms with E-state index < -0.39 is 16.1 Å². The van der Waals surface area contributed by atoms with Crippen LogP contribution in [-0.4, -0.2) is 39.3 Å². The molecule has 2 aromatic rings. The first-order chi connectivity index (χ1) is 12.2. The molecule has 1 heterocycles. The van der Waals surface area contributed by atoms with E-state index in [9.17, 15) is 13.2 Å². The number of carbonyl (C=O) groups is 1. The van der Waals surface area contributed by atoms with Crippen LogP contribution in [0.5, 0.6) is 0 Å². The van der Waals surface area contributed by atoms with Gasteiger partial charge in [0.25, 0.3) is 0 Å². The van der Waals surface area contributed by atoms with Gasteiger partial charge in [0.05, 0.1) is 4.90 Å². The van der Waals surface area contributed by atoms with Crippen molar-refractivity contribution < 1.29 is 13.2 Å². The van der Waals surface area contributed by atoms with Crippen LogP contribution in [-0.2, 0) is 21.2 Å². The lowest BCUT2D eigenvalue weighted by Gasteiger charge is -2.22. The summed E-state index contributed by atoms with van der Waals surface area (Å²) in [6.45, 7) is 2.47. The van der Waals surface area contributed by atoms with E-state index in [2.05, 4.69) is 0 Å². The topological polar surface area (TPSA) is 83.7 Å². The zero-order valence-corrected chi connectivity index (χ0v) is 17.2. The zero-order valence-electron chi connectivity index (χ0n) is 15.5. The summed E-state index contributed by atoms with van der Waals surface area (Å²) in [4.78, 5) is 14.7. The summed E-state index contributed by atoms with van der Waals surface area (Å²) in [5.41, 5.74) is 9.59. The van der Waals surface area contributed by atoms with Crippen LogP contribution in [0.2, 0.25) is 0 Å². The Kier molecular flexibility index (Phi) is 6.32. The summed E-state index contributed by atoms with van der Waals surface area (Å²) in [6.07, 6.45) is 0.685. The molecule has 2 aromatic carbocycles. The smallest absolute Gasteiger partial charge is 0.248 e. The Morgan fingerprint density at radius 1 is 1.15 bits per heavy atom. The van der Waals surface area contributed by atoms with Gasteiger partial charge in [-0.1, -0.05) is 35.9 Å². The van der Waals surface area contributed by atoms with Crippen LogP contribution < -0.4 is 10.6 Å². The van der Waals surface area contributed by atoms with Crippen molar-refractivity contribution in [1.82, 2.24) is 4.31 Å². The maximum absolute atomic E-state index is 12.9. The number of anilines is 1. The Bertz CT molecular complexity index is 943. The van der Waals surface area contributed by atoms with Crippen LogP contribution in [0, 0.1) is 6.92 Å². The van der Waals surface area contributed by atoms with Crippen molar-refractivity contribution in [3.63, 3.8) is 0 Å². The Morgan fingerprint density at radius 3 is 2.37 bits per heavy atom. The molecule has 0 bridgehead atoms. The molecule has 0 saturated carbocycles. The van der Waals surface area contributed by atoms with Crippen molar-refractivity contribution in [2.45, 2.75) is 24.3 Å². The predicted octanol–water partition coefficient (Wildman–Crippen LogP) is 2.26. The van der Waals surface area contributed by atoms with E-state index in [1.807, 2.05) is 31.2 Å². The first kappa shape index (κ1) is 21.4. The fraction of sp³-hybridized carbons (Fsp3) is 0.316. The second-order valence-electron chi connectivity index (χ2n) is 6.71. The fourth-order valence-electron chi connectivity index (χ4n) is 3.04. The maximum Gasteiger partial charge on any atom is 0.248 e. The molecule has 146 valence electrons. The van der Waals surface area contributed by atoms with Gasteiger partial charge in [-0.25, -0.2) is 12.7 Å². The van der Waals surface area contributed by atoms with Crippen molar-refractivity contribution in [2.24, 2.45) is 5.73 Å². The molecule has 27 heavy (non-hydrogen) atoms. The highest BCUT2D eigenvalue weighted by atomic mass is 35.5. The molecule has 0 aromatic heterocycles. The minimum atomic E-state index is -3.56. The summed E-state index contributed by atoms with van der Waals surface area (Å²) >= 11 is 0. The number of hydrogen-bond acceptors (Lipinski definition) is 4. The lowest BCUT2D eigenvalue weighted by molar-refractivity contribution is -0.119. The van der Waals surface area contributed by atoms with Gasteiger partial charge in [-0.15, -0.1) is 12.4 Å². The molecule has 3 rings (SSSR count). The van der Waals surface area contributed by atoms with E-state index in [0.29, 0.717) is 18.7 Å². The number of hydrogen-bond donors (Lipinski definition) is 1. The zero-order chi connectivity index (χ0) is 19.1. The number of fused-ring (bicyclic) bond motifs is 1. The number of sulfonamides is 1. The van der Waals surface area contributed by atoms with Crippen LogP contribution in [0.1, 0.15) is 22.7 Å². The largest absolute Gasteiger partial charge is 0.316 e. The Labute approximate surface area is 166 Å². The fourth-order valence-corrected chi connectivity index (χ4v) is 3.97. The van der Waals surface area contributed by atoms with Crippen LogP contribution >= 0.6 is 12.4 Å². The monoisotopic (exact) mass is 409 g/mol. The van der Waals surface area contributed by atoms with Crippen molar-refractivity contribution in [3.8, 4) is 0 Å². The van der Waals surface area contributed by atoms with Gasteiger partial charge >= 0.3 is 0 Å². The quantitative estimate of drug-likeness (QED) is 0.839. The van der Waals surface area contributed by atoms with Crippen molar-refractivity contribution in [2.75, 3.05) is 25.5 Å². The third kappa shape index (κ3) is 4.01. The van der Waals surface area contributed by atoms with Crippen molar-refractivity contribution in [1.29, 1.82) is 0 Å². The SMILES string of the molecule is Cc1ccc(C(N)C(=O)N2CCc3ccc(S(=O)(=O)N(C)C)cc32)cc1.Cl. The molecule has 0 fully saturated rings. The molecule has 2 N–H and O–H groups in total. The lowest BCUT2D eigenvalue weighted by Crippen LogP contribution is -2.37. The summed E-state index contributed by atoms with van der Waals surface area (Å²) < 4.78 is 25.9. The van der Waals surface area contributed by atoms with Gasteiger partial charge in [0, 0.05) is 26.3 Å². The minimum absolute atomic E-state index is 0. The summed E-state index contributed by atoms with van der Waals surface area (Å²) in [5, 5.41) is 0. The first-order valence-electron chi connectivity index (χ1n) is 8.41. The molecule has 6 nitrogen and oxygen atoms in total. The van der Waals surface area contributed by atoms with E-state index >= 15 is 0 Å². The number of benzene rings is 2. The third-order valence-corrected chi connectivity index (χ3v) is 6.51. The normalized spacial score (nSPS) is 14.6. The standard InChI is InChI=1S/C19H23N3O3S.ClH/c1-13-4-6-15(7-5-13)18(20)19(23)22-11-10-14-8-9-16(12-17(14)22)26(24,25)21(2)3;/h4-9,12,18H,10-11,20H2,1-3H3;1H. The molecule has 1 atom stereocenters. The summed E-state index contributed by atoms with van der Waals surface area (Å²) in [5.74, 6) is -0.230. The van der Waals surface area contributed by atoms with Crippen molar-refractivity contribution in [3.05, 3.63) is 59.2 Å². The highest BCUT2D eigenvalue weighted by molar-refractivity contribution is 7.89. The van der Waals surface area contributed by atoms with Crippen LogP contribution in [0.4, 0.5) is 5.69 Å². The van der Waals surface area contributed by atoms with E-state index in [0.717, 1.165) is 21.0 Å². The minimum Gasteiger partial charge on any atom is -0.316 e. The van der Waals surface area contributed by atoms with Gasteiger partial charge in [-0.3, -0.25) is 4.79 Å². The molecule has 0 radical (unpaired) electrons. The summed E-state index contributed by atoms with van der Waals surface area (Å²) in [6, 6.07) is 11.7. The van der Waals surface area contributed by atoms with Crippen molar-refractivity contribution >= 4 is 34.0 Å². The molecule has 0 saturated heterocycles. The number of nitrogens with zero attached hydrogens (tertiary/aromatic N) is 2.